The van der Waals surface area contributed by atoms with E-state index in [1.807, 2.05) is 0 Å². The predicted molar refractivity (Wildman–Crippen MR) is 108 cm³/mol. The van der Waals surface area contributed by atoms with Crippen LogP contribution in [0, 0.1) is 27.2 Å². The Morgan fingerprint density at radius 3 is 2.40 bits per heavy atom. The molecule has 10 nitrogen and oxygen atoms in total. The highest BCUT2D eigenvalue weighted by Crippen LogP contribution is 2.37. The Morgan fingerprint density at radius 1 is 1.10 bits per heavy atom. The van der Waals surface area contributed by atoms with Gasteiger partial charge in [-0.1, -0.05) is 23.2 Å². The molecule has 0 saturated carbocycles. The summed E-state index contributed by atoms with van der Waals surface area (Å²) in [6.45, 7) is 1.56. The van der Waals surface area contributed by atoms with Crippen molar-refractivity contribution in [1.29, 1.82) is 0 Å². The Labute approximate surface area is 178 Å². The number of ketones is 1. The van der Waals surface area contributed by atoms with E-state index in [-0.39, 0.29) is 27.8 Å². The van der Waals surface area contributed by atoms with Gasteiger partial charge >= 0.3 is 5.69 Å². The van der Waals surface area contributed by atoms with Crippen LogP contribution >= 0.6 is 23.2 Å². The zero-order chi connectivity index (χ0) is 22.2. The fraction of sp³-hybridized carbons (Fsp3) is 0.111. The van der Waals surface area contributed by atoms with Gasteiger partial charge in [0.1, 0.15) is 5.56 Å². The van der Waals surface area contributed by atoms with E-state index in [1.165, 1.54) is 29.9 Å². The van der Waals surface area contributed by atoms with Crippen molar-refractivity contribution in [3.63, 3.8) is 0 Å². The minimum absolute atomic E-state index is 0.0365. The topological polar surface area (TPSA) is 130 Å². The highest BCUT2D eigenvalue weighted by atomic mass is 35.5. The molecule has 0 radical (unpaired) electrons. The van der Waals surface area contributed by atoms with E-state index in [1.54, 1.807) is 6.92 Å². The smallest absolute Gasteiger partial charge is 0.318 e. The Balaban J connectivity index is 2.10. The maximum absolute atomic E-state index is 13.1. The molecular formula is C18H12Cl2N4O6. The van der Waals surface area contributed by atoms with Crippen LogP contribution in [0.5, 0.6) is 11.6 Å². The fourth-order valence-corrected chi connectivity index (χ4v) is 3.27. The Hall–Kier alpha value is -3.50. The van der Waals surface area contributed by atoms with Gasteiger partial charge in [-0.3, -0.25) is 25.0 Å². The van der Waals surface area contributed by atoms with Crippen molar-refractivity contribution in [3.05, 3.63) is 83.5 Å². The number of benzene rings is 2. The molecule has 30 heavy (non-hydrogen) atoms. The molecular weight excluding hydrogens is 439 g/mol. The number of nitrogens with zero attached hydrogens (tertiary/aromatic N) is 4. The maximum atomic E-state index is 13.1. The average molecular weight is 451 g/mol. The van der Waals surface area contributed by atoms with E-state index in [9.17, 15) is 25.0 Å². The van der Waals surface area contributed by atoms with E-state index in [2.05, 4.69) is 5.10 Å². The zero-order valence-corrected chi connectivity index (χ0v) is 17.0. The van der Waals surface area contributed by atoms with Crippen LogP contribution in [0.4, 0.5) is 11.4 Å². The number of halogens is 2. The van der Waals surface area contributed by atoms with Gasteiger partial charge in [-0.15, -0.1) is 0 Å². The highest BCUT2D eigenvalue weighted by molar-refractivity contribution is 6.37. The summed E-state index contributed by atoms with van der Waals surface area (Å²) in [6, 6.07) is 7.26. The summed E-state index contributed by atoms with van der Waals surface area (Å²) in [6.07, 6.45) is 0. The van der Waals surface area contributed by atoms with E-state index in [4.69, 9.17) is 27.9 Å². The number of carbonyl (C=O) groups excluding carboxylic acids is 1. The van der Waals surface area contributed by atoms with Gasteiger partial charge < -0.3 is 4.74 Å². The van der Waals surface area contributed by atoms with Crippen LogP contribution in [-0.2, 0) is 7.05 Å². The minimum Gasteiger partial charge on any atom is -0.431 e. The number of non-ortho nitro benzene ring substituents is 1. The molecule has 0 fully saturated rings. The average Bonchev–Trinajstić information content (AvgIpc) is 2.94. The number of aromatic nitrogens is 2. The quantitative estimate of drug-likeness (QED) is 0.297. The first-order valence-electron chi connectivity index (χ1n) is 8.24. The lowest BCUT2D eigenvalue weighted by Crippen LogP contribution is -2.06. The first-order valence-corrected chi connectivity index (χ1v) is 8.99. The number of nitro benzene ring substituents is 2. The standard InChI is InChI=1S/C18H12Cl2N4O6/c1-9-16(17(25)12-5-3-10(19)7-13(12)20)18(22(2)21-9)30-15-6-4-11(23(26)27)8-14(15)24(28)29/h3-8H,1-2H3. The largest absolute Gasteiger partial charge is 0.431 e. The number of hydrogen-bond donors (Lipinski definition) is 0. The number of rotatable bonds is 6. The number of carbonyl (C=O) groups is 1. The predicted octanol–water partition coefficient (Wildman–Crippen LogP) is 4.88. The highest BCUT2D eigenvalue weighted by Gasteiger charge is 2.28. The molecule has 0 aliphatic rings. The monoisotopic (exact) mass is 450 g/mol. The van der Waals surface area contributed by atoms with E-state index in [0.29, 0.717) is 10.7 Å². The third-order valence-corrected chi connectivity index (χ3v) is 4.68. The molecule has 12 heteroatoms. The zero-order valence-electron chi connectivity index (χ0n) is 15.5. The molecule has 0 aliphatic carbocycles. The summed E-state index contributed by atoms with van der Waals surface area (Å²) < 4.78 is 6.87. The van der Waals surface area contributed by atoms with Crippen molar-refractivity contribution in [1.82, 2.24) is 9.78 Å². The normalized spacial score (nSPS) is 10.7. The molecule has 0 aliphatic heterocycles. The second kappa shape index (κ2) is 8.09. The molecule has 0 N–H and O–H groups in total. The van der Waals surface area contributed by atoms with Gasteiger partial charge in [0.25, 0.3) is 5.69 Å². The summed E-state index contributed by atoms with van der Waals surface area (Å²) in [4.78, 5) is 33.8. The number of hydrogen-bond acceptors (Lipinski definition) is 7. The van der Waals surface area contributed by atoms with Crippen molar-refractivity contribution in [2.75, 3.05) is 0 Å². The summed E-state index contributed by atoms with van der Waals surface area (Å²) in [7, 11) is 1.49. The van der Waals surface area contributed by atoms with Crippen LogP contribution in [0.1, 0.15) is 21.6 Å². The van der Waals surface area contributed by atoms with Gasteiger partial charge in [-0.05, 0) is 31.2 Å². The van der Waals surface area contributed by atoms with Gasteiger partial charge in [-0.2, -0.15) is 5.10 Å². The summed E-state index contributed by atoms with van der Waals surface area (Å²) in [5, 5.41) is 26.9. The molecule has 0 spiro atoms. The van der Waals surface area contributed by atoms with Crippen molar-refractivity contribution < 1.29 is 19.4 Å². The molecule has 0 atom stereocenters. The minimum atomic E-state index is -0.816. The van der Waals surface area contributed by atoms with Gasteiger partial charge in [0, 0.05) is 23.7 Å². The van der Waals surface area contributed by atoms with Crippen LogP contribution in [0.25, 0.3) is 0 Å². The van der Waals surface area contributed by atoms with Crippen LogP contribution in [0.2, 0.25) is 10.0 Å². The van der Waals surface area contributed by atoms with Crippen LogP contribution < -0.4 is 4.74 Å². The molecule has 3 rings (SSSR count). The van der Waals surface area contributed by atoms with E-state index >= 15 is 0 Å². The molecule has 1 heterocycles. The van der Waals surface area contributed by atoms with Crippen molar-refractivity contribution in [2.45, 2.75) is 6.92 Å². The first kappa shape index (κ1) is 21.2. The molecule has 154 valence electrons. The molecule has 3 aromatic rings. The van der Waals surface area contributed by atoms with E-state index in [0.717, 1.165) is 18.2 Å². The van der Waals surface area contributed by atoms with Crippen LogP contribution in [0.15, 0.2) is 36.4 Å². The Kier molecular flexibility index (Phi) is 5.72. The summed E-state index contributed by atoms with van der Waals surface area (Å²) >= 11 is 12.0. The lowest BCUT2D eigenvalue weighted by atomic mass is 10.0. The third-order valence-electron chi connectivity index (χ3n) is 4.13. The molecule has 1 aromatic heterocycles. The third kappa shape index (κ3) is 3.95. The molecule has 0 unspecified atom stereocenters. The SMILES string of the molecule is Cc1nn(C)c(Oc2ccc([N+](=O)[O-])cc2[N+](=O)[O-])c1C(=O)c1ccc(Cl)cc1Cl. The van der Waals surface area contributed by atoms with Crippen molar-refractivity contribution in [2.24, 2.45) is 7.05 Å². The number of aryl methyl sites for hydroxylation is 2. The summed E-state index contributed by atoms with van der Waals surface area (Å²) in [5.41, 5.74) is -0.631. The Bertz CT molecular complexity index is 1210. The van der Waals surface area contributed by atoms with Gasteiger partial charge in [0.2, 0.25) is 17.4 Å². The lowest BCUT2D eigenvalue weighted by Gasteiger charge is -2.10. The number of ether oxygens (including phenoxy) is 1. The van der Waals surface area contributed by atoms with Crippen molar-refractivity contribution in [3.8, 4) is 11.6 Å². The van der Waals surface area contributed by atoms with Crippen LogP contribution in [0.3, 0.4) is 0 Å². The first-order chi connectivity index (χ1) is 14.1. The van der Waals surface area contributed by atoms with Gasteiger partial charge in [-0.25, -0.2) is 4.68 Å². The maximum Gasteiger partial charge on any atom is 0.318 e. The Morgan fingerprint density at radius 2 is 1.80 bits per heavy atom. The molecule has 0 amide bonds. The second-order valence-corrected chi connectivity index (χ2v) is 6.95. The fourth-order valence-electron chi connectivity index (χ4n) is 2.78. The van der Waals surface area contributed by atoms with Gasteiger partial charge in [0.05, 0.1) is 26.6 Å². The number of nitro groups is 2. The van der Waals surface area contributed by atoms with Crippen molar-refractivity contribution >= 4 is 40.4 Å². The van der Waals surface area contributed by atoms with E-state index < -0.39 is 27.0 Å². The molecule has 0 bridgehead atoms. The lowest BCUT2D eigenvalue weighted by molar-refractivity contribution is -0.394. The van der Waals surface area contributed by atoms with Gasteiger partial charge in [0.15, 0.2) is 0 Å². The second-order valence-electron chi connectivity index (χ2n) is 6.11. The molecule has 2 aromatic carbocycles. The van der Waals surface area contributed by atoms with Crippen LogP contribution in [-0.4, -0.2) is 25.4 Å². The summed E-state index contributed by atoms with van der Waals surface area (Å²) in [5.74, 6) is -0.896. The molecule has 0 saturated heterocycles.